The lowest BCUT2D eigenvalue weighted by Gasteiger charge is -2.11. The van der Waals surface area contributed by atoms with Crippen molar-refractivity contribution >= 4 is 11.7 Å². The van der Waals surface area contributed by atoms with E-state index in [-0.39, 0.29) is 6.03 Å². The van der Waals surface area contributed by atoms with E-state index in [2.05, 4.69) is 17.2 Å². The van der Waals surface area contributed by atoms with Gasteiger partial charge in [-0.15, -0.1) is 0 Å². The highest BCUT2D eigenvalue weighted by atomic mass is 16.5. The zero-order valence-corrected chi connectivity index (χ0v) is 15.1. The van der Waals surface area contributed by atoms with Gasteiger partial charge in [0.1, 0.15) is 12.4 Å². The summed E-state index contributed by atoms with van der Waals surface area (Å²) in [5, 5.41) is 5.61. The highest BCUT2D eigenvalue weighted by Gasteiger charge is 2.06. The van der Waals surface area contributed by atoms with Crippen molar-refractivity contribution in [1.29, 1.82) is 0 Å². The van der Waals surface area contributed by atoms with Gasteiger partial charge in [0.25, 0.3) is 0 Å². The van der Waals surface area contributed by atoms with Gasteiger partial charge in [-0.05, 0) is 36.2 Å². The molecule has 0 heterocycles. The molecule has 2 aromatic carbocycles. The Hall–Kier alpha value is -3.15. The van der Waals surface area contributed by atoms with Crippen LogP contribution in [0, 0.1) is 0 Å². The van der Waals surface area contributed by atoms with Crippen molar-refractivity contribution in [2.45, 2.75) is 6.42 Å². The van der Waals surface area contributed by atoms with Gasteiger partial charge in [0, 0.05) is 18.3 Å². The third kappa shape index (κ3) is 5.73. The second-order valence-corrected chi connectivity index (χ2v) is 5.45. The Morgan fingerprint density at radius 2 is 1.92 bits per heavy atom. The SMILES string of the molecule is C=CCOc1cccc(NC(=O)NCCc2ccc(OC)c(OC)c2)c1. The van der Waals surface area contributed by atoms with Crippen LogP contribution >= 0.6 is 0 Å². The number of nitrogens with one attached hydrogen (secondary N) is 2. The molecule has 0 fully saturated rings. The summed E-state index contributed by atoms with van der Waals surface area (Å²) in [5.74, 6) is 2.03. The average molecular weight is 356 g/mol. The smallest absolute Gasteiger partial charge is 0.319 e. The minimum absolute atomic E-state index is 0.272. The lowest BCUT2D eigenvalue weighted by atomic mass is 10.1. The predicted molar refractivity (Wildman–Crippen MR) is 102 cm³/mol. The van der Waals surface area contributed by atoms with Gasteiger partial charge in [0.15, 0.2) is 11.5 Å². The third-order valence-corrected chi connectivity index (χ3v) is 3.61. The van der Waals surface area contributed by atoms with E-state index in [4.69, 9.17) is 14.2 Å². The Kier molecular flexibility index (Phi) is 7.36. The van der Waals surface area contributed by atoms with Gasteiger partial charge >= 0.3 is 6.03 Å². The molecule has 0 atom stereocenters. The molecule has 138 valence electrons. The van der Waals surface area contributed by atoms with Gasteiger partial charge < -0.3 is 24.8 Å². The van der Waals surface area contributed by atoms with E-state index in [1.807, 2.05) is 30.3 Å². The molecule has 0 unspecified atom stereocenters. The molecule has 0 aliphatic heterocycles. The van der Waals surface area contributed by atoms with Gasteiger partial charge in [-0.2, -0.15) is 0 Å². The Morgan fingerprint density at radius 3 is 2.65 bits per heavy atom. The zero-order valence-electron chi connectivity index (χ0n) is 15.1. The van der Waals surface area contributed by atoms with Crippen LogP contribution in [-0.2, 0) is 6.42 Å². The number of amides is 2. The number of urea groups is 1. The highest BCUT2D eigenvalue weighted by Crippen LogP contribution is 2.27. The fraction of sp³-hybridized carbons (Fsp3) is 0.250. The number of methoxy groups -OCH3 is 2. The van der Waals surface area contributed by atoms with E-state index in [0.717, 1.165) is 5.56 Å². The molecule has 6 heteroatoms. The summed E-state index contributed by atoms with van der Waals surface area (Å²) in [7, 11) is 3.20. The van der Waals surface area contributed by atoms with Gasteiger partial charge in [0.2, 0.25) is 0 Å². The molecule has 0 saturated heterocycles. The van der Waals surface area contributed by atoms with Gasteiger partial charge in [0.05, 0.1) is 14.2 Å². The first-order valence-corrected chi connectivity index (χ1v) is 8.25. The summed E-state index contributed by atoms with van der Waals surface area (Å²) in [6.45, 7) is 4.52. The Balaban J connectivity index is 1.83. The maximum absolute atomic E-state index is 12.0. The van der Waals surface area contributed by atoms with Crippen LogP contribution < -0.4 is 24.8 Å². The second-order valence-electron chi connectivity index (χ2n) is 5.45. The number of anilines is 1. The molecule has 2 amide bonds. The summed E-state index contributed by atoms with van der Waals surface area (Å²) in [4.78, 5) is 12.0. The van der Waals surface area contributed by atoms with Gasteiger partial charge in [-0.3, -0.25) is 0 Å². The maximum atomic E-state index is 12.0. The summed E-state index contributed by atoms with van der Waals surface area (Å²) >= 11 is 0. The van der Waals surface area contributed by atoms with E-state index < -0.39 is 0 Å². The summed E-state index contributed by atoms with van der Waals surface area (Å²) in [5.41, 5.74) is 1.71. The Morgan fingerprint density at radius 1 is 1.12 bits per heavy atom. The summed E-state index contributed by atoms with van der Waals surface area (Å²) < 4.78 is 15.9. The summed E-state index contributed by atoms with van der Waals surface area (Å²) in [6, 6.07) is 12.6. The van der Waals surface area contributed by atoms with Crippen LogP contribution in [0.15, 0.2) is 55.1 Å². The molecular formula is C20H24N2O4. The minimum atomic E-state index is -0.272. The number of benzene rings is 2. The molecule has 0 aromatic heterocycles. The van der Waals surface area contributed by atoms with Gasteiger partial charge in [-0.25, -0.2) is 4.79 Å². The molecule has 6 nitrogen and oxygen atoms in total. The lowest BCUT2D eigenvalue weighted by Crippen LogP contribution is -2.30. The molecule has 0 aliphatic rings. The average Bonchev–Trinajstić information content (AvgIpc) is 2.66. The topological polar surface area (TPSA) is 68.8 Å². The first kappa shape index (κ1) is 19.2. The first-order chi connectivity index (χ1) is 12.7. The molecule has 2 aromatic rings. The number of hydrogen-bond donors (Lipinski definition) is 2. The highest BCUT2D eigenvalue weighted by molar-refractivity contribution is 5.89. The third-order valence-electron chi connectivity index (χ3n) is 3.61. The maximum Gasteiger partial charge on any atom is 0.319 e. The van der Waals surface area contributed by atoms with Crippen LogP contribution in [0.4, 0.5) is 10.5 Å². The van der Waals surface area contributed by atoms with Crippen LogP contribution in [0.1, 0.15) is 5.56 Å². The van der Waals surface area contributed by atoms with Crippen LogP contribution in [0.5, 0.6) is 17.2 Å². The van der Waals surface area contributed by atoms with Crippen molar-refractivity contribution in [3.8, 4) is 17.2 Å². The normalized spacial score (nSPS) is 9.92. The quantitative estimate of drug-likeness (QED) is 0.673. The van der Waals surface area contributed by atoms with Crippen LogP contribution in [0.25, 0.3) is 0 Å². The van der Waals surface area contributed by atoms with E-state index in [1.165, 1.54) is 0 Å². The number of ether oxygens (including phenoxy) is 3. The fourth-order valence-electron chi connectivity index (χ4n) is 2.35. The molecule has 2 rings (SSSR count). The number of hydrogen-bond acceptors (Lipinski definition) is 4. The lowest BCUT2D eigenvalue weighted by molar-refractivity contribution is 0.252. The molecule has 0 bridgehead atoms. The van der Waals surface area contributed by atoms with Crippen molar-refractivity contribution in [1.82, 2.24) is 5.32 Å². The Labute approximate surface area is 153 Å². The van der Waals surface area contributed by atoms with Crippen LogP contribution in [0.3, 0.4) is 0 Å². The van der Waals surface area contributed by atoms with E-state index in [0.29, 0.717) is 42.5 Å². The molecule has 0 radical (unpaired) electrons. The Bertz CT molecular complexity index is 746. The molecule has 26 heavy (non-hydrogen) atoms. The summed E-state index contributed by atoms with van der Waals surface area (Å²) in [6.07, 6.45) is 2.34. The molecule has 0 aliphatic carbocycles. The van der Waals surface area contributed by atoms with Crippen LogP contribution in [0.2, 0.25) is 0 Å². The van der Waals surface area contributed by atoms with Crippen molar-refractivity contribution in [2.24, 2.45) is 0 Å². The molecule has 0 spiro atoms. The first-order valence-electron chi connectivity index (χ1n) is 8.25. The van der Waals surface area contributed by atoms with Crippen molar-refractivity contribution < 1.29 is 19.0 Å². The van der Waals surface area contributed by atoms with Gasteiger partial charge in [-0.1, -0.05) is 24.8 Å². The number of carbonyl (C=O) groups excluding carboxylic acids is 1. The predicted octanol–water partition coefficient (Wildman–Crippen LogP) is 3.63. The molecule has 0 saturated carbocycles. The molecular weight excluding hydrogens is 332 g/mol. The van der Waals surface area contributed by atoms with Crippen LogP contribution in [-0.4, -0.2) is 33.4 Å². The second kappa shape index (κ2) is 9.98. The van der Waals surface area contributed by atoms with E-state index in [1.54, 1.807) is 32.4 Å². The van der Waals surface area contributed by atoms with E-state index in [9.17, 15) is 4.79 Å². The monoisotopic (exact) mass is 356 g/mol. The molecule has 2 N–H and O–H groups in total. The van der Waals surface area contributed by atoms with Crippen molar-refractivity contribution in [2.75, 3.05) is 32.7 Å². The number of rotatable bonds is 9. The number of carbonyl (C=O) groups is 1. The largest absolute Gasteiger partial charge is 0.493 e. The standard InChI is InChI=1S/C20H24N2O4/c1-4-12-26-17-7-5-6-16(14-17)22-20(23)21-11-10-15-8-9-18(24-2)19(13-15)25-3/h4-9,13-14H,1,10-12H2,2-3H3,(H2,21,22,23). The zero-order chi connectivity index (χ0) is 18.8. The minimum Gasteiger partial charge on any atom is -0.493 e. The fourth-order valence-corrected chi connectivity index (χ4v) is 2.35. The van der Waals surface area contributed by atoms with Crippen molar-refractivity contribution in [3.63, 3.8) is 0 Å². The van der Waals surface area contributed by atoms with E-state index >= 15 is 0 Å². The van der Waals surface area contributed by atoms with Crippen molar-refractivity contribution in [3.05, 3.63) is 60.7 Å².